The van der Waals surface area contributed by atoms with Crippen LogP contribution in [0.4, 0.5) is 11.4 Å². The molecule has 0 aliphatic carbocycles. The summed E-state index contributed by atoms with van der Waals surface area (Å²) in [5.41, 5.74) is 3.29. The fourth-order valence-corrected chi connectivity index (χ4v) is 5.15. The number of hydrogen-bond donors (Lipinski definition) is 0. The third kappa shape index (κ3) is 5.60. The molecule has 0 amide bonds. The molecule has 0 unspecified atom stereocenters. The molecule has 0 N–H and O–H groups in total. The molecule has 168 valence electrons. The first kappa shape index (κ1) is 23.8. The Morgan fingerprint density at radius 3 is 2.21 bits per heavy atom. The lowest BCUT2D eigenvalue weighted by Crippen LogP contribution is -2.17. The van der Waals surface area contributed by atoms with Crippen molar-refractivity contribution in [2.45, 2.75) is 13.0 Å². The fraction of sp³-hybridized carbons (Fsp3) is 0.0870. The van der Waals surface area contributed by atoms with Crippen LogP contribution in [-0.4, -0.2) is 9.49 Å². The normalized spacial score (nSPS) is 11.7. The summed E-state index contributed by atoms with van der Waals surface area (Å²) in [6.07, 6.45) is 0.633. The Bertz CT molecular complexity index is 1400. The second kappa shape index (κ2) is 10.3. The van der Waals surface area contributed by atoms with Crippen molar-refractivity contribution in [3.8, 4) is 11.3 Å². The molecule has 0 saturated carbocycles. The number of nitro groups is 1. The van der Waals surface area contributed by atoms with E-state index in [-0.39, 0.29) is 5.69 Å². The van der Waals surface area contributed by atoms with Crippen molar-refractivity contribution in [3.05, 3.63) is 107 Å². The molecule has 0 saturated heterocycles. The van der Waals surface area contributed by atoms with Crippen LogP contribution in [0.2, 0.25) is 20.1 Å². The molecule has 0 bridgehead atoms. The second-order valence-corrected chi connectivity index (χ2v) is 9.58. The van der Waals surface area contributed by atoms with Gasteiger partial charge in [0.25, 0.3) is 5.69 Å². The van der Waals surface area contributed by atoms with Crippen LogP contribution >= 0.6 is 57.7 Å². The van der Waals surface area contributed by atoms with Gasteiger partial charge < -0.3 is 4.57 Å². The van der Waals surface area contributed by atoms with Gasteiger partial charge in [-0.2, -0.15) is 0 Å². The first-order valence-electron chi connectivity index (χ1n) is 9.68. The molecule has 0 radical (unpaired) electrons. The zero-order chi connectivity index (χ0) is 23.5. The largest absolute Gasteiger partial charge is 0.316 e. The number of rotatable bonds is 6. The smallest absolute Gasteiger partial charge is 0.269 e. The summed E-state index contributed by atoms with van der Waals surface area (Å²) in [5.74, 6) is 0. The van der Waals surface area contributed by atoms with Crippen molar-refractivity contribution >= 4 is 69.1 Å². The van der Waals surface area contributed by atoms with Crippen LogP contribution in [0.15, 0.2) is 71.0 Å². The summed E-state index contributed by atoms with van der Waals surface area (Å²) >= 11 is 26.2. The maximum atomic E-state index is 11.0. The molecule has 0 aliphatic heterocycles. The maximum Gasteiger partial charge on any atom is 0.269 e. The molecule has 33 heavy (non-hydrogen) atoms. The number of nitro benzene ring substituents is 1. The Balaban J connectivity index is 1.78. The Kier molecular flexibility index (Phi) is 7.41. The Hall–Kier alpha value is -2.35. The van der Waals surface area contributed by atoms with E-state index in [9.17, 15) is 10.1 Å². The van der Waals surface area contributed by atoms with E-state index >= 15 is 0 Å². The van der Waals surface area contributed by atoms with Gasteiger partial charge in [0.2, 0.25) is 0 Å². The summed E-state index contributed by atoms with van der Waals surface area (Å²) < 4.78 is 2.04. The topological polar surface area (TPSA) is 60.4 Å². The molecular formula is C23H15Cl4N3O2S. The minimum absolute atomic E-state index is 0.0336. The molecule has 0 fully saturated rings. The Morgan fingerprint density at radius 2 is 1.58 bits per heavy atom. The minimum atomic E-state index is -0.419. The molecule has 3 aromatic carbocycles. The zero-order valence-electron chi connectivity index (χ0n) is 16.8. The molecular weight excluding hydrogens is 524 g/mol. The van der Waals surface area contributed by atoms with Crippen LogP contribution < -0.4 is 4.80 Å². The van der Waals surface area contributed by atoms with Crippen molar-refractivity contribution in [1.82, 2.24) is 4.57 Å². The average Bonchev–Trinajstić information content (AvgIpc) is 3.17. The van der Waals surface area contributed by atoms with Gasteiger partial charge in [0, 0.05) is 39.1 Å². The average molecular weight is 539 g/mol. The van der Waals surface area contributed by atoms with Crippen LogP contribution in [0, 0.1) is 10.1 Å². The molecule has 10 heteroatoms. The third-order valence-corrected chi connectivity index (χ3v) is 6.91. The van der Waals surface area contributed by atoms with Gasteiger partial charge in [-0.15, -0.1) is 11.3 Å². The van der Waals surface area contributed by atoms with Gasteiger partial charge in [0.1, 0.15) is 0 Å². The number of benzene rings is 3. The number of aromatic nitrogens is 1. The summed E-state index contributed by atoms with van der Waals surface area (Å²) in [5, 5.41) is 15.1. The van der Waals surface area contributed by atoms with Crippen molar-refractivity contribution in [2.24, 2.45) is 4.99 Å². The highest BCUT2D eigenvalue weighted by molar-refractivity contribution is 7.07. The summed E-state index contributed by atoms with van der Waals surface area (Å²) in [6.45, 7) is 0.571. The van der Waals surface area contributed by atoms with E-state index in [0.717, 1.165) is 21.6 Å². The number of aryl methyl sites for hydroxylation is 1. The predicted molar refractivity (Wildman–Crippen MR) is 136 cm³/mol. The summed E-state index contributed by atoms with van der Waals surface area (Å²) in [7, 11) is 0. The quantitative estimate of drug-likeness (QED) is 0.183. The zero-order valence-corrected chi connectivity index (χ0v) is 20.7. The first-order chi connectivity index (χ1) is 15.8. The van der Waals surface area contributed by atoms with Gasteiger partial charge >= 0.3 is 0 Å². The summed E-state index contributed by atoms with van der Waals surface area (Å²) in [4.78, 5) is 16.1. The van der Waals surface area contributed by atoms with Crippen LogP contribution in [0.25, 0.3) is 11.3 Å². The van der Waals surface area contributed by atoms with Gasteiger partial charge in [-0.05, 0) is 60.0 Å². The highest BCUT2D eigenvalue weighted by Gasteiger charge is 2.12. The van der Waals surface area contributed by atoms with E-state index in [0.29, 0.717) is 38.7 Å². The van der Waals surface area contributed by atoms with Crippen molar-refractivity contribution in [1.29, 1.82) is 0 Å². The standard InChI is InChI=1S/C23H15Cl4N3O2S/c24-16-4-1-14(19(26)11-16)9-10-29-22(15-2-6-18(7-3-15)30(31)32)13-33-23(29)28-21-8-5-17(25)12-20(21)27/h1-8,11-13H,9-10H2. The second-order valence-electron chi connectivity index (χ2n) is 7.05. The molecule has 5 nitrogen and oxygen atoms in total. The first-order valence-corrected chi connectivity index (χ1v) is 12.1. The molecule has 4 rings (SSSR count). The van der Waals surface area contributed by atoms with Crippen molar-refractivity contribution in [3.63, 3.8) is 0 Å². The maximum absolute atomic E-state index is 11.0. The Labute approximate surface area is 213 Å². The lowest BCUT2D eigenvalue weighted by atomic mass is 10.1. The van der Waals surface area contributed by atoms with E-state index in [1.165, 1.54) is 23.5 Å². The molecule has 0 spiro atoms. The van der Waals surface area contributed by atoms with Gasteiger partial charge in [-0.25, -0.2) is 4.99 Å². The van der Waals surface area contributed by atoms with Crippen LogP contribution in [0.3, 0.4) is 0 Å². The lowest BCUT2D eigenvalue weighted by molar-refractivity contribution is -0.384. The van der Waals surface area contributed by atoms with Crippen LogP contribution in [0.1, 0.15) is 5.56 Å². The highest BCUT2D eigenvalue weighted by Crippen LogP contribution is 2.29. The highest BCUT2D eigenvalue weighted by atomic mass is 35.5. The van der Waals surface area contributed by atoms with E-state index in [2.05, 4.69) is 0 Å². The van der Waals surface area contributed by atoms with E-state index < -0.39 is 4.92 Å². The lowest BCUT2D eigenvalue weighted by Gasteiger charge is -2.11. The van der Waals surface area contributed by atoms with E-state index in [1.807, 2.05) is 16.0 Å². The monoisotopic (exact) mass is 537 g/mol. The molecule has 0 atom stereocenters. The number of halogens is 4. The van der Waals surface area contributed by atoms with E-state index in [4.69, 9.17) is 51.4 Å². The number of nitrogens with zero attached hydrogens (tertiary/aromatic N) is 3. The third-order valence-electron chi connectivity index (χ3n) is 4.92. The molecule has 4 aromatic rings. The molecule has 0 aliphatic rings. The van der Waals surface area contributed by atoms with E-state index in [1.54, 1.807) is 42.5 Å². The van der Waals surface area contributed by atoms with Crippen LogP contribution in [-0.2, 0) is 13.0 Å². The fourth-order valence-electron chi connectivity index (χ4n) is 3.25. The van der Waals surface area contributed by atoms with Gasteiger partial charge in [0.15, 0.2) is 4.80 Å². The predicted octanol–water partition coefficient (Wildman–Crippen LogP) is 8.21. The number of thiazole rings is 1. The minimum Gasteiger partial charge on any atom is -0.316 e. The summed E-state index contributed by atoms with van der Waals surface area (Å²) in [6, 6.07) is 17.0. The molecule has 1 aromatic heterocycles. The Morgan fingerprint density at radius 1 is 0.909 bits per heavy atom. The SMILES string of the molecule is O=[N+]([O-])c1ccc(-c2csc(=Nc3ccc(Cl)cc3Cl)n2CCc2ccc(Cl)cc2Cl)cc1. The van der Waals surface area contributed by atoms with Crippen LogP contribution in [0.5, 0.6) is 0 Å². The van der Waals surface area contributed by atoms with Crippen molar-refractivity contribution < 1.29 is 4.92 Å². The van der Waals surface area contributed by atoms with Gasteiger partial charge in [-0.1, -0.05) is 52.5 Å². The number of hydrogen-bond acceptors (Lipinski definition) is 4. The molecule has 1 heterocycles. The number of non-ortho nitro benzene ring substituents is 1. The van der Waals surface area contributed by atoms with Gasteiger partial charge in [-0.3, -0.25) is 10.1 Å². The van der Waals surface area contributed by atoms with Crippen molar-refractivity contribution in [2.75, 3.05) is 0 Å². The van der Waals surface area contributed by atoms with Gasteiger partial charge in [0.05, 0.1) is 21.3 Å².